The number of rotatable bonds is 5. The average Bonchev–Trinajstić information content (AvgIpc) is 2.84. The molecule has 1 spiro atoms. The van der Waals surface area contributed by atoms with E-state index in [2.05, 4.69) is 10.6 Å². The van der Waals surface area contributed by atoms with Crippen molar-refractivity contribution < 1.29 is 18.8 Å². The van der Waals surface area contributed by atoms with E-state index in [4.69, 9.17) is 0 Å². The lowest BCUT2D eigenvalue weighted by Crippen LogP contribution is -2.54. The Morgan fingerprint density at radius 2 is 2.12 bits per heavy atom. The molecule has 4 amide bonds. The molecule has 0 radical (unpaired) electrons. The van der Waals surface area contributed by atoms with E-state index in [0.717, 1.165) is 24.2 Å². The van der Waals surface area contributed by atoms with Crippen LogP contribution in [0.2, 0.25) is 0 Å². The molecule has 7 heteroatoms. The molecule has 1 aliphatic carbocycles. The molecule has 0 unspecified atom stereocenters. The second kappa shape index (κ2) is 7.43. The number of nitrogens with zero attached hydrogens (tertiary/aromatic N) is 1. The molecule has 26 heavy (non-hydrogen) atoms. The maximum atomic E-state index is 13.6. The SMILES string of the molecule is C[C@H]1CCCC[C@@]12NC(=O)N(CC(=O)NCCc1ccccc1F)C2=O. The molecular formula is C19H24FN3O3. The molecule has 2 atom stereocenters. The Labute approximate surface area is 152 Å². The van der Waals surface area contributed by atoms with Gasteiger partial charge in [-0.05, 0) is 36.8 Å². The lowest BCUT2D eigenvalue weighted by Gasteiger charge is -2.36. The topological polar surface area (TPSA) is 78.5 Å². The molecule has 1 saturated heterocycles. The number of halogens is 1. The Morgan fingerprint density at radius 1 is 1.35 bits per heavy atom. The van der Waals surface area contributed by atoms with E-state index in [-0.39, 0.29) is 30.7 Å². The summed E-state index contributed by atoms with van der Waals surface area (Å²) in [5, 5.41) is 5.47. The van der Waals surface area contributed by atoms with E-state index in [1.165, 1.54) is 6.07 Å². The molecule has 6 nitrogen and oxygen atoms in total. The third-order valence-corrected chi connectivity index (χ3v) is 5.48. The Balaban J connectivity index is 1.55. The minimum atomic E-state index is -0.858. The zero-order valence-corrected chi connectivity index (χ0v) is 14.9. The summed E-state index contributed by atoms with van der Waals surface area (Å²) in [6, 6.07) is 5.87. The number of nitrogens with one attached hydrogen (secondary N) is 2. The highest BCUT2D eigenvalue weighted by atomic mass is 19.1. The molecule has 0 bridgehead atoms. The van der Waals surface area contributed by atoms with Crippen LogP contribution in [0.3, 0.4) is 0 Å². The minimum Gasteiger partial charge on any atom is -0.354 e. The van der Waals surface area contributed by atoms with Gasteiger partial charge in [-0.15, -0.1) is 0 Å². The quantitative estimate of drug-likeness (QED) is 0.787. The third-order valence-electron chi connectivity index (χ3n) is 5.48. The maximum Gasteiger partial charge on any atom is 0.325 e. The van der Waals surface area contributed by atoms with Crippen molar-refractivity contribution in [3.8, 4) is 0 Å². The van der Waals surface area contributed by atoms with Gasteiger partial charge in [-0.2, -0.15) is 0 Å². The van der Waals surface area contributed by atoms with E-state index < -0.39 is 17.5 Å². The van der Waals surface area contributed by atoms with Crippen LogP contribution in [0.5, 0.6) is 0 Å². The summed E-state index contributed by atoms with van der Waals surface area (Å²) < 4.78 is 13.6. The molecule has 3 rings (SSSR count). The molecule has 1 heterocycles. The Hall–Kier alpha value is -2.44. The average molecular weight is 361 g/mol. The fourth-order valence-corrected chi connectivity index (χ4v) is 3.88. The van der Waals surface area contributed by atoms with Gasteiger partial charge >= 0.3 is 6.03 Å². The molecule has 1 aromatic rings. The van der Waals surface area contributed by atoms with Crippen molar-refractivity contribution in [1.29, 1.82) is 0 Å². The van der Waals surface area contributed by atoms with Crippen LogP contribution in [0.1, 0.15) is 38.2 Å². The monoisotopic (exact) mass is 361 g/mol. The first-order chi connectivity index (χ1) is 12.4. The molecule has 140 valence electrons. The van der Waals surface area contributed by atoms with Gasteiger partial charge in [0.05, 0.1) is 0 Å². The zero-order valence-electron chi connectivity index (χ0n) is 14.9. The number of benzene rings is 1. The van der Waals surface area contributed by atoms with Crippen molar-refractivity contribution in [2.24, 2.45) is 5.92 Å². The Kier molecular flexibility index (Phi) is 5.25. The summed E-state index contributed by atoms with van der Waals surface area (Å²) in [5.41, 5.74) is -0.347. The predicted octanol–water partition coefficient (Wildman–Crippen LogP) is 1.99. The van der Waals surface area contributed by atoms with Crippen LogP contribution in [-0.4, -0.2) is 41.4 Å². The van der Waals surface area contributed by atoms with Gasteiger partial charge in [0.1, 0.15) is 17.9 Å². The first kappa shape index (κ1) is 18.4. The standard InChI is InChI=1S/C19H24FN3O3/c1-13-6-4-5-10-19(13)17(25)23(18(26)22-19)12-16(24)21-11-9-14-7-2-3-8-15(14)20/h2-3,7-8,13H,4-6,9-12H2,1H3,(H,21,24)(H,22,26)/t13-,19+/m0/s1. The maximum absolute atomic E-state index is 13.6. The predicted molar refractivity (Wildman–Crippen MR) is 93.7 cm³/mol. The van der Waals surface area contributed by atoms with Crippen molar-refractivity contribution in [2.75, 3.05) is 13.1 Å². The van der Waals surface area contributed by atoms with E-state index in [0.29, 0.717) is 18.4 Å². The fraction of sp³-hybridized carbons (Fsp3) is 0.526. The van der Waals surface area contributed by atoms with Crippen molar-refractivity contribution in [1.82, 2.24) is 15.5 Å². The Bertz CT molecular complexity index is 724. The summed E-state index contributed by atoms with van der Waals surface area (Å²) in [6.45, 7) is 1.90. The summed E-state index contributed by atoms with van der Waals surface area (Å²) >= 11 is 0. The molecular weight excluding hydrogens is 337 g/mol. The van der Waals surface area contributed by atoms with Gasteiger partial charge in [-0.25, -0.2) is 9.18 Å². The van der Waals surface area contributed by atoms with Crippen molar-refractivity contribution in [3.05, 3.63) is 35.6 Å². The highest BCUT2D eigenvalue weighted by Gasteiger charge is 2.55. The summed E-state index contributed by atoms with van der Waals surface area (Å²) in [5.74, 6) is -0.991. The van der Waals surface area contributed by atoms with Gasteiger partial charge in [0.25, 0.3) is 5.91 Å². The van der Waals surface area contributed by atoms with Crippen molar-refractivity contribution in [2.45, 2.75) is 44.6 Å². The van der Waals surface area contributed by atoms with Gasteiger partial charge in [0.2, 0.25) is 5.91 Å². The number of hydrogen-bond acceptors (Lipinski definition) is 3. The number of hydrogen-bond donors (Lipinski definition) is 2. The highest BCUT2D eigenvalue weighted by Crippen LogP contribution is 2.38. The molecule has 1 aliphatic heterocycles. The normalized spacial score (nSPS) is 25.5. The number of urea groups is 1. The van der Waals surface area contributed by atoms with Crippen LogP contribution in [0.4, 0.5) is 9.18 Å². The summed E-state index contributed by atoms with van der Waals surface area (Å²) in [7, 11) is 0. The van der Waals surface area contributed by atoms with Crippen LogP contribution in [-0.2, 0) is 16.0 Å². The van der Waals surface area contributed by atoms with E-state index >= 15 is 0 Å². The lowest BCUT2D eigenvalue weighted by molar-refractivity contribution is -0.137. The zero-order chi connectivity index (χ0) is 18.7. The number of amides is 4. The molecule has 2 fully saturated rings. The second-order valence-electron chi connectivity index (χ2n) is 7.13. The molecule has 2 N–H and O–H groups in total. The van der Waals surface area contributed by atoms with E-state index in [1.807, 2.05) is 6.92 Å². The van der Waals surface area contributed by atoms with E-state index in [9.17, 15) is 18.8 Å². The third kappa shape index (κ3) is 3.43. The smallest absolute Gasteiger partial charge is 0.325 e. The fourth-order valence-electron chi connectivity index (χ4n) is 3.88. The molecule has 1 aromatic carbocycles. The van der Waals surface area contributed by atoms with Gasteiger partial charge in [-0.3, -0.25) is 14.5 Å². The van der Waals surface area contributed by atoms with Gasteiger partial charge < -0.3 is 10.6 Å². The van der Waals surface area contributed by atoms with Gasteiger partial charge in [0.15, 0.2) is 0 Å². The highest BCUT2D eigenvalue weighted by molar-refractivity contribution is 6.09. The van der Waals surface area contributed by atoms with Crippen LogP contribution < -0.4 is 10.6 Å². The Morgan fingerprint density at radius 3 is 2.85 bits per heavy atom. The number of imide groups is 1. The summed E-state index contributed by atoms with van der Waals surface area (Å²) in [6.07, 6.45) is 3.78. The number of carbonyl (C=O) groups is 3. The summed E-state index contributed by atoms with van der Waals surface area (Å²) in [4.78, 5) is 38.2. The first-order valence-electron chi connectivity index (χ1n) is 9.08. The van der Waals surface area contributed by atoms with Crippen molar-refractivity contribution in [3.63, 3.8) is 0 Å². The van der Waals surface area contributed by atoms with Crippen LogP contribution >= 0.6 is 0 Å². The van der Waals surface area contributed by atoms with Crippen LogP contribution in [0.15, 0.2) is 24.3 Å². The van der Waals surface area contributed by atoms with Crippen LogP contribution in [0.25, 0.3) is 0 Å². The van der Waals surface area contributed by atoms with Crippen LogP contribution in [0, 0.1) is 11.7 Å². The molecule has 1 saturated carbocycles. The van der Waals surface area contributed by atoms with Gasteiger partial charge in [0, 0.05) is 6.54 Å². The first-order valence-corrected chi connectivity index (χ1v) is 9.08. The second-order valence-corrected chi connectivity index (χ2v) is 7.13. The van der Waals surface area contributed by atoms with Crippen molar-refractivity contribution >= 4 is 17.8 Å². The van der Waals surface area contributed by atoms with Gasteiger partial charge in [-0.1, -0.05) is 38.0 Å². The molecule has 2 aliphatic rings. The minimum absolute atomic E-state index is 0.0572. The number of carbonyl (C=O) groups excluding carboxylic acids is 3. The largest absolute Gasteiger partial charge is 0.354 e. The van der Waals surface area contributed by atoms with E-state index in [1.54, 1.807) is 18.2 Å². The molecule has 0 aromatic heterocycles. The lowest BCUT2D eigenvalue weighted by atomic mass is 9.73.